The minimum atomic E-state index is -0.0816. The van der Waals surface area contributed by atoms with Crippen molar-refractivity contribution in [3.63, 3.8) is 0 Å². The molecule has 0 atom stereocenters. The van der Waals surface area contributed by atoms with Crippen LogP contribution in [-0.4, -0.2) is 19.5 Å². The first kappa shape index (κ1) is 14.4. The monoisotopic (exact) mass is 333 g/mol. The molecule has 0 spiro atoms. The number of nitrogens with two attached hydrogens (primary N) is 1. The first-order valence-electron chi connectivity index (χ1n) is 6.17. The van der Waals surface area contributed by atoms with Gasteiger partial charge in [-0.3, -0.25) is 4.79 Å². The van der Waals surface area contributed by atoms with Crippen LogP contribution in [0.2, 0.25) is 0 Å². The molecule has 0 aliphatic heterocycles. The van der Waals surface area contributed by atoms with Crippen LogP contribution in [0.4, 0.5) is 17.1 Å². The van der Waals surface area contributed by atoms with Crippen LogP contribution in [0.3, 0.4) is 0 Å². The van der Waals surface area contributed by atoms with Crippen molar-refractivity contribution in [2.75, 3.05) is 29.5 Å². The van der Waals surface area contributed by atoms with Gasteiger partial charge < -0.3 is 16.0 Å². The third kappa shape index (κ3) is 3.74. The van der Waals surface area contributed by atoms with Gasteiger partial charge in [-0.2, -0.15) is 0 Å². The lowest BCUT2D eigenvalue weighted by atomic mass is 10.2. The van der Waals surface area contributed by atoms with Gasteiger partial charge in [-0.05, 0) is 46.3 Å². The summed E-state index contributed by atoms with van der Waals surface area (Å²) in [7, 11) is 1.88. The molecule has 0 unspecified atom stereocenters. The number of anilines is 3. The Bertz CT molecular complexity index is 601. The summed E-state index contributed by atoms with van der Waals surface area (Å²) in [5.41, 5.74) is 8.03. The maximum Gasteiger partial charge on any atom is 0.243 e. The van der Waals surface area contributed by atoms with Crippen LogP contribution in [-0.2, 0) is 4.79 Å². The molecule has 0 bridgehead atoms. The molecule has 2 aromatic rings. The largest absolute Gasteiger partial charge is 0.399 e. The fourth-order valence-corrected chi connectivity index (χ4v) is 2.31. The minimum Gasteiger partial charge on any atom is -0.399 e. The molecule has 0 saturated carbocycles. The van der Waals surface area contributed by atoms with Crippen LogP contribution in [0.15, 0.2) is 53.0 Å². The average Bonchev–Trinajstić information content (AvgIpc) is 2.43. The highest BCUT2D eigenvalue weighted by atomic mass is 79.9. The molecule has 0 aliphatic carbocycles. The highest BCUT2D eigenvalue weighted by molar-refractivity contribution is 9.10. The highest BCUT2D eigenvalue weighted by Gasteiger charge is 2.09. The van der Waals surface area contributed by atoms with Crippen molar-refractivity contribution in [1.82, 2.24) is 0 Å². The summed E-state index contributed by atoms with van der Waals surface area (Å²) in [5.74, 6) is -0.0816. The lowest BCUT2D eigenvalue weighted by Gasteiger charge is -2.19. The summed E-state index contributed by atoms with van der Waals surface area (Å²) >= 11 is 3.38. The van der Waals surface area contributed by atoms with Crippen LogP contribution in [0, 0.1) is 0 Å². The van der Waals surface area contributed by atoms with E-state index in [0.29, 0.717) is 11.4 Å². The predicted octanol–water partition coefficient (Wildman–Crippen LogP) is 3.11. The molecular weight excluding hydrogens is 318 g/mol. The van der Waals surface area contributed by atoms with Gasteiger partial charge in [0.2, 0.25) is 5.91 Å². The Kier molecular flexibility index (Phi) is 4.63. The van der Waals surface area contributed by atoms with Gasteiger partial charge in [-0.1, -0.05) is 18.2 Å². The van der Waals surface area contributed by atoms with Gasteiger partial charge in [0.05, 0.1) is 12.2 Å². The second-order valence-electron chi connectivity index (χ2n) is 4.48. The predicted molar refractivity (Wildman–Crippen MR) is 86.9 cm³/mol. The zero-order valence-electron chi connectivity index (χ0n) is 11.1. The quantitative estimate of drug-likeness (QED) is 0.845. The minimum absolute atomic E-state index is 0.0816. The first-order chi connectivity index (χ1) is 9.56. The Labute approximate surface area is 126 Å². The summed E-state index contributed by atoms with van der Waals surface area (Å²) in [6, 6.07) is 15.1. The van der Waals surface area contributed by atoms with Crippen LogP contribution >= 0.6 is 15.9 Å². The second kappa shape index (κ2) is 6.43. The SMILES string of the molecule is CN(CC(=O)Nc1ccc(N)cc1Br)c1ccccc1. The van der Waals surface area contributed by atoms with E-state index in [9.17, 15) is 4.79 Å². The summed E-state index contributed by atoms with van der Waals surface area (Å²) < 4.78 is 0.771. The number of nitrogen functional groups attached to an aromatic ring is 1. The molecule has 3 N–H and O–H groups in total. The molecule has 20 heavy (non-hydrogen) atoms. The maximum absolute atomic E-state index is 12.0. The van der Waals surface area contributed by atoms with Gasteiger partial charge in [-0.15, -0.1) is 0 Å². The zero-order valence-corrected chi connectivity index (χ0v) is 12.7. The molecule has 0 saturated heterocycles. The number of nitrogens with zero attached hydrogens (tertiary/aromatic N) is 1. The Morgan fingerprint density at radius 2 is 1.95 bits per heavy atom. The number of likely N-dealkylation sites (N-methyl/N-ethyl adjacent to an activating group) is 1. The molecule has 0 aromatic heterocycles. The molecule has 2 rings (SSSR count). The van der Waals surface area contributed by atoms with Crippen LogP contribution in [0.5, 0.6) is 0 Å². The summed E-state index contributed by atoms with van der Waals surface area (Å²) in [6.45, 7) is 0.279. The molecular formula is C15H16BrN3O. The molecule has 1 amide bonds. The van der Waals surface area contributed by atoms with E-state index < -0.39 is 0 Å². The van der Waals surface area contributed by atoms with Crippen molar-refractivity contribution < 1.29 is 4.79 Å². The van der Waals surface area contributed by atoms with E-state index in [0.717, 1.165) is 10.2 Å². The fraction of sp³-hybridized carbons (Fsp3) is 0.133. The Balaban J connectivity index is 1.99. The van der Waals surface area contributed by atoms with Crippen molar-refractivity contribution in [3.05, 3.63) is 53.0 Å². The molecule has 2 aromatic carbocycles. The lowest BCUT2D eigenvalue weighted by molar-refractivity contribution is -0.114. The Morgan fingerprint density at radius 3 is 2.60 bits per heavy atom. The summed E-state index contributed by atoms with van der Waals surface area (Å²) in [5, 5.41) is 2.86. The molecule has 0 heterocycles. The van der Waals surface area contributed by atoms with Gasteiger partial charge in [0, 0.05) is 22.9 Å². The number of nitrogens with one attached hydrogen (secondary N) is 1. The normalized spacial score (nSPS) is 10.1. The smallest absolute Gasteiger partial charge is 0.243 e. The van der Waals surface area contributed by atoms with E-state index in [2.05, 4.69) is 21.2 Å². The number of carbonyl (C=O) groups excluding carboxylic acids is 1. The number of benzene rings is 2. The van der Waals surface area contributed by atoms with Crippen LogP contribution < -0.4 is 16.0 Å². The number of halogens is 1. The van der Waals surface area contributed by atoms with E-state index in [1.54, 1.807) is 18.2 Å². The van der Waals surface area contributed by atoms with Crippen molar-refractivity contribution in [2.24, 2.45) is 0 Å². The van der Waals surface area contributed by atoms with Crippen molar-refractivity contribution in [1.29, 1.82) is 0 Å². The molecule has 104 valence electrons. The standard InChI is InChI=1S/C15H16BrN3O/c1-19(12-5-3-2-4-6-12)10-15(20)18-14-8-7-11(17)9-13(14)16/h2-9H,10,17H2,1H3,(H,18,20). The highest BCUT2D eigenvalue weighted by Crippen LogP contribution is 2.24. The molecule has 0 aliphatic rings. The van der Waals surface area contributed by atoms with Gasteiger partial charge in [0.25, 0.3) is 0 Å². The third-order valence-corrected chi connectivity index (χ3v) is 3.50. The van der Waals surface area contributed by atoms with Gasteiger partial charge in [0.15, 0.2) is 0 Å². The maximum atomic E-state index is 12.0. The van der Waals surface area contributed by atoms with Crippen LogP contribution in [0.1, 0.15) is 0 Å². The summed E-state index contributed by atoms with van der Waals surface area (Å²) in [4.78, 5) is 13.9. The molecule has 5 heteroatoms. The van der Waals surface area contributed by atoms with Gasteiger partial charge in [0.1, 0.15) is 0 Å². The molecule has 4 nitrogen and oxygen atoms in total. The zero-order chi connectivity index (χ0) is 14.5. The second-order valence-corrected chi connectivity index (χ2v) is 5.33. The fourth-order valence-electron chi connectivity index (χ4n) is 1.81. The van der Waals surface area contributed by atoms with Gasteiger partial charge >= 0.3 is 0 Å². The van der Waals surface area contributed by atoms with E-state index in [1.807, 2.05) is 42.3 Å². The molecule has 0 radical (unpaired) electrons. The number of carbonyl (C=O) groups is 1. The average molecular weight is 334 g/mol. The summed E-state index contributed by atoms with van der Waals surface area (Å²) in [6.07, 6.45) is 0. The number of amides is 1. The number of hydrogen-bond donors (Lipinski definition) is 2. The lowest BCUT2D eigenvalue weighted by Crippen LogP contribution is -2.30. The van der Waals surface area contributed by atoms with Crippen LogP contribution in [0.25, 0.3) is 0 Å². The van der Waals surface area contributed by atoms with E-state index in [1.165, 1.54) is 0 Å². The van der Waals surface area contributed by atoms with Crippen molar-refractivity contribution in [3.8, 4) is 0 Å². The Hall–Kier alpha value is -2.01. The van der Waals surface area contributed by atoms with Gasteiger partial charge in [-0.25, -0.2) is 0 Å². The van der Waals surface area contributed by atoms with Crippen molar-refractivity contribution >= 4 is 38.9 Å². The van der Waals surface area contributed by atoms with Crippen molar-refractivity contribution in [2.45, 2.75) is 0 Å². The number of para-hydroxylation sites is 1. The van der Waals surface area contributed by atoms with E-state index in [4.69, 9.17) is 5.73 Å². The third-order valence-electron chi connectivity index (χ3n) is 2.84. The van der Waals surface area contributed by atoms with E-state index >= 15 is 0 Å². The molecule has 0 fully saturated rings. The number of hydrogen-bond acceptors (Lipinski definition) is 3. The van der Waals surface area contributed by atoms with E-state index in [-0.39, 0.29) is 12.5 Å². The Morgan fingerprint density at radius 1 is 1.25 bits per heavy atom. The topological polar surface area (TPSA) is 58.4 Å². The number of rotatable bonds is 4. The first-order valence-corrected chi connectivity index (χ1v) is 6.96.